The molecule has 0 amide bonds. The molecule has 2 fully saturated rings. The maximum Gasteiger partial charge on any atom is 0.145 e. The highest BCUT2D eigenvalue weighted by molar-refractivity contribution is 5.73. The topological polar surface area (TPSA) is 62.8 Å². The summed E-state index contributed by atoms with van der Waals surface area (Å²) in [7, 11) is 3.28. The molecule has 1 aliphatic heterocycles. The van der Waals surface area contributed by atoms with Crippen LogP contribution in [0, 0.1) is 5.92 Å². The van der Waals surface area contributed by atoms with E-state index >= 15 is 0 Å². The zero-order valence-corrected chi connectivity index (χ0v) is 17.3. The number of phenolic OH excluding ortho intramolecular Hbond substituents is 1. The van der Waals surface area contributed by atoms with Gasteiger partial charge < -0.3 is 25.2 Å². The molecule has 1 saturated heterocycles. The number of hydrogen-bond donors (Lipinski definition) is 3. The van der Waals surface area contributed by atoms with E-state index in [4.69, 9.17) is 9.47 Å². The number of fused-ring (bicyclic) bond motifs is 1. The molecule has 3 atom stereocenters. The first-order valence-electron chi connectivity index (χ1n) is 10.7. The van der Waals surface area contributed by atoms with E-state index in [0.717, 1.165) is 30.1 Å². The van der Waals surface area contributed by atoms with E-state index in [1.807, 2.05) is 24.3 Å². The Kier molecular flexibility index (Phi) is 4.58. The summed E-state index contributed by atoms with van der Waals surface area (Å²) in [5, 5.41) is 18.1. The average molecular weight is 395 g/mol. The molecule has 2 aromatic rings. The van der Waals surface area contributed by atoms with E-state index in [2.05, 4.69) is 16.7 Å². The highest BCUT2D eigenvalue weighted by Gasteiger charge is 2.51. The number of anilines is 2. The predicted octanol–water partition coefficient (Wildman–Crippen LogP) is 4.50. The first-order chi connectivity index (χ1) is 14.1. The molecule has 29 heavy (non-hydrogen) atoms. The molecule has 5 heteroatoms. The third-order valence-corrected chi connectivity index (χ3v) is 7.44. The Balaban J connectivity index is 1.53. The Morgan fingerprint density at radius 3 is 2.79 bits per heavy atom. The van der Waals surface area contributed by atoms with Gasteiger partial charge in [0.05, 0.1) is 25.6 Å². The molecule has 2 aliphatic carbocycles. The van der Waals surface area contributed by atoms with Crippen LogP contribution in [-0.4, -0.2) is 31.9 Å². The van der Waals surface area contributed by atoms with Crippen molar-refractivity contribution in [3.8, 4) is 17.2 Å². The Hall–Kier alpha value is -2.40. The number of piperidine rings is 1. The number of methoxy groups -OCH3 is 2. The molecule has 0 aromatic heterocycles. The fourth-order valence-corrected chi connectivity index (χ4v) is 6.12. The SMILES string of the molecule is COc1ccc(Nc2cc3c(cc2O)[C@]24CCCC[C@@H]2[C@H](C3)NCC4)c(OC)c1. The molecule has 0 spiro atoms. The van der Waals surface area contributed by atoms with Crippen LogP contribution in [0.3, 0.4) is 0 Å². The normalized spacial score (nSPS) is 27.5. The van der Waals surface area contributed by atoms with Crippen LogP contribution in [0.4, 0.5) is 11.4 Å². The number of aromatic hydroxyl groups is 1. The summed E-state index contributed by atoms with van der Waals surface area (Å²) in [5.41, 5.74) is 4.55. The Bertz CT molecular complexity index is 925. The summed E-state index contributed by atoms with van der Waals surface area (Å²) >= 11 is 0. The molecule has 3 aliphatic rings. The molecule has 5 rings (SSSR count). The van der Waals surface area contributed by atoms with Crippen molar-refractivity contribution in [1.82, 2.24) is 5.32 Å². The van der Waals surface area contributed by atoms with Crippen molar-refractivity contribution in [1.29, 1.82) is 0 Å². The van der Waals surface area contributed by atoms with Crippen LogP contribution in [0.25, 0.3) is 0 Å². The second kappa shape index (κ2) is 7.13. The number of ether oxygens (including phenoxy) is 2. The van der Waals surface area contributed by atoms with E-state index in [1.54, 1.807) is 14.2 Å². The van der Waals surface area contributed by atoms with Crippen molar-refractivity contribution in [2.75, 3.05) is 26.1 Å². The lowest BCUT2D eigenvalue weighted by Gasteiger charge is -2.56. The molecule has 154 valence electrons. The van der Waals surface area contributed by atoms with Crippen molar-refractivity contribution >= 4 is 11.4 Å². The molecule has 0 unspecified atom stereocenters. The molecular weight excluding hydrogens is 364 g/mol. The van der Waals surface area contributed by atoms with Crippen LogP contribution in [0.1, 0.15) is 43.2 Å². The molecule has 2 aromatic carbocycles. The second-order valence-corrected chi connectivity index (χ2v) is 8.74. The number of phenols is 1. The number of nitrogens with one attached hydrogen (secondary N) is 2. The second-order valence-electron chi connectivity index (χ2n) is 8.74. The van der Waals surface area contributed by atoms with Crippen LogP contribution in [-0.2, 0) is 11.8 Å². The van der Waals surface area contributed by atoms with E-state index in [1.165, 1.54) is 43.2 Å². The van der Waals surface area contributed by atoms with Crippen molar-refractivity contribution < 1.29 is 14.6 Å². The fraction of sp³-hybridized carbons (Fsp3) is 0.500. The van der Waals surface area contributed by atoms with Crippen molar-refractivity contribution in [3.05, 3.63) is 41.5 Å². The van der Waals surface area contributed by atoms with Gasteiger partial charge in [-0.05, 0) is 73.5 Å². The summed E-state index contributed by atoms with van der Waals surface area (Å²) in [4.78, 5) is 0. The lowest BCUT2D eigenvalue weighted by atomic mass is 9.53. The summed E-state index contributed by atoms with van der Waals surface area (Å²) < 4.78 is 10.8. The van der Waals surface area contributed by atoms with Crippen LogP contribution in [0.5, 0.6) is 17.2 Å². The Morgan fingerprint density at radius 1 is 1.07 bits per heavy atom. The number of benzene rings is 2. The molecular formula is C24H30N2O3. The summed E-state index contributed by atoms with van der Waals surface area (Å²) in [6.07, 6.45) is 7.41. The summed E-state index contributed by atoms with van der Waals surface area (Å²) in [6, 6.07) is 10.4. The van der Waals surface area contributed by atoms with Gasteiger partial charge in [0.15, 0.2) is 0 Å². The van der Waals surface area contributed by atoms with Crippen LogP contribution < -0.4 is 20.1 Å². The van der Waals surface area contributed by atoms with Gasteiger partial charge in [-0.15, -0.1) is 0 Å². The van der Waals surface area contributed by atoms with Crippen LogP contribution >= 0.6 is 0 Å². The molecule has 5 nitrogen and oxygen atoms in total. The highest BCUT2D eigenvalue weighted by Crippen LogP contribution is 2.55. The third kappa shape index (κ3) is 2.94. The first-order valence-corrected chi connectivity index (χ1v) is 10.7. The van der Waals surface area contributed by atoms with Gasteiger partial charge in [0.1, 0.15) is 17.2 Å². The minimum absolute atomic E-state index is 0.246. The Morgan fingerprint density at radius 2 is 1.97 bits per heavy atom. The largest absolute Gasteiger partial charge is 0.506 e. The highest BCUT2D eigenvalue weighted by atomic mass is 16.5. The molecule has 3 N–H and O–H groups in total. The third-order valence-electron chi connectivity index (χ3n) is 7.44. The molecule has 1 heterocycles. The minimum Gasteiger partial charge on any atom is -0.506 e. The van der Waals surface area contributed by atoms with Crippen molar-refractivity contribution in [2.24, 2.45) is 5.92 Å². The predicted molar refractivity (Wildman–Crippen MR) is 115 cm³/mol. The monoisotopic (exact) mass is 394 g/mol. The average Bonchev–Trinajstić information content (AvgIpc) is 2.75. The maximum atomic E-state index is 10.9. The minimum atomic E-state index is 0.246. The van der Waals surface area contributed by atoms with Gasteiger partial charge in [-0.25, -0.2) is 0 Å². The van der Waals surface area contributed by atoms with Crippen LogP contribution in [0.2, 0.25) is 0 Å². The summed E-state index contributed by atoms with van der Waals surface area (Å²) in [5.74, 6) is 2.45. The smallest absolute Gasteiger partial charge is 0.145 e. The van der Waals surface area contributed by atoms with Gasteiger partial charge >= 0.3 is 0 Å². The van der Waals surface area contributed by atoms with Crippen molar-refractivity contribution in [3.63, 3.8) is 0 Å². The van der Waals surface area contributed by atoms with Gasteiger partial charge in [-0.2, -0.15) is 0 Å². The molecule has 2 bridgehead atoms. The first kappa shape index (κ1) is 18.6. The van der Waals surface area contributed by atoms with E-state index in [9.17, 15) is 5.11 Å². The lowest BCUT2D eigenvalue weighted by Crippen LogP contribution is -2.59. The van der Waals surface area contributed by atoms with Gasteiger partial charge in [-0.3, -0.25) is 0 Å². The van der Waals surface area contributed by atoms with Gasteiger partial charge in [0, 0.05) is 17.5 Å². The van der Waals surface area contributed by atoms with Crippen LogP contribution in [0.15, 0.2) is 30.3 Å². The fourth-order valence-electron chi connectivity index (χ4n) is 6.12. The maximum absolute atomic E-state index is 10.9. The van der Waals surface area contributed by atoms with Crippen molar-refractivity contribution in [2.45, 2.75) is 50.0 Å². The van der Waals surface area contributed by atoms with E-state index in [-0.39, 0.29) is 5.41 Å². The van der Waals surface area contributed by atoms with E-state index < -0.39 is 0 Å². The zero-order valence-electron chi connectivity index (χ0n) is 17.3. The van der Waals surface area contributed by atoms with Gasteiger partial charge in [-0.1, -0.05) is 12.8 Å². The number of hydrogen-bond acceptors (Lipinski definition) is 5. The molecule has 0 radical (unpaired) electrons. The lowest BCUT2D eigenvalue weighted by molar-refractivity contribution is 0.0796. The number of rotatable bonds is 4. The molecule has 1 saturated carbocycles. The van der Waals surface area contributed by atoms with Gasteiger partial charge in [0.2, 0.25) is 0 Å². The summed E-state index contributed by atoms with van der Waals surface area (Å²) in [6.45, 7) is 1.09. The van der Waals surface area contributed by atoms with E-state index in [0.29, 0.717) is 23.5 Å². The quantitative estimate of drug-likeness (QED) is 0.667. The zero-order chi connectivity index (χ0) is 20.0. The standard InChI is InChI=1S/C24H30N2O3/c1-28-16-6-7-19(23(13-16)29-2)26-21-12-15-11-20-17-5-3-4-8-24(17,9-10-25-20)18(15)14-22(21)27/h6-7,12-14,17,20,25-27H,3-5,8-11H2,1-2H3/t17-,20+,24+/m1/s1. The Labute approximate surface area is 172 Å². The van der Waals surface area contributed by atoms with Gasteiger partial charge in [0.25, 0.3) is 0 Å².